The summed E-state index contributed by atoms with van der Waals surface area (Å²) in [5, 5.41) is 24.1. The lowest BCUT2D eigenvalue weighted by molar-refractivity contribution is -0.384. The molecular formula is C15H22N2O3. The highest BCUT2D eigenvalue weighted by molar-refractivity contribution is 5.33. The summed E-state index contributed by atoms with van der Waals surface area (Å²) in [6.07, 6.45) is 2.85. The molecule has 1 fully saturated rings. The number of nitro benzene ring substituents is 1. The first-order valence-corrected chi connectivity index (χ1v) is 7.03. The van der Waals surface area contributed by atoms with Gasteiger partial charge in [0.2, 0.25) is 0 Å². The van der Waals surface area contributed by atoms with Crippen molar-refractivity contribution >= 4 is 5.69 Å². The number of rotatable bonds is 5. The van der Waals surface area contributed by atoms with Crippen LogP contribution in [0.2, 0.25) is 0 Å². The number of nitro groups is 1. The van der Waals surface area contributed by atoms with Crippen LogP contribution in [0.5, 0.6) is 0 Å². The predicted octanol–water partition coefficient (Wildman–Crippen LogP) is 2.80. The van der Waals surface area contributed by atoms with Gasteiger partial charge in [-0.2, -0.15) is 0 Å². The SMILES string of the molecule is CC1(C)CCC(NCC(O)c2ccc([N+](=O)[O-])cc2)C1. The minimum absolute atomic E-state index is 0.0476. The summed E-state index contributed by atoms with van der Waals surface area (Å²) in [4.78, 5) is 10.1. The van der Waals surface area contributed by atoms with Crippen molar-refractivity contribution in [2.24, 2.45) is 5.41 Å². The first-order chi connectivity index (χ1) is 9.37. The van der Waals surface area contributed by atoms with Crippen molar-refractivity contribution in [3.05, 3.63) is 39.9 Å². The number of non-ortho nitro benzene ring substituents is 1. The van der Waals surface area contributed by atoms with Gasteiger partial charge in [-0.15, -0.1) is 0 Å². The fraction of sp³-hybridized carbons (Fsp3) is 0.600. The average Bonchev–Trinajstić information content (AvgIpc) is 2.75. The normalized spacial score (nSPS) is 22.6. The molecule has 0 aromatic heterocycles. The van der Waals surface area contributed by atoms with Crippen LogP contribution >= 0.6 is 0 Å². The maximum Gasteiger partial charge on any atom is 0.269 e. The van der Waals surface area contributed by atoms with Crippen molar-refractivity contribution in [3.63, 3.8) is 0 Å². The summed E-state index contributed by atoms with van der Waals surface area (Å²) < 4.78 is 0. The van der Waals surface area contributed by atoms with E-state index >= 15 is 0 Å². The van der Waals surface area contributed by atoms with Crippen molar-refractivity contribution < 1.29 is 10.0 Å². The molecule has 1 aliphatic carbocycles. The quantitative estimate of drug-likeness (QED) is 0.641. The van der Waals surface area contributed by atoms with E-state index in [-0.39, 0.29) is 5.69 Å². The highest BCUT2D eigenvalue weighted by atomic mass is 16.6. The first-order valence-electron chi connectivity index (χ1n) is 7.03. The molecule has 0 amide bonds. The maximum atomic E-state index is 10.6. The van der Waals surface area contributed by atoms with Crippen LogP contribution in [0.1, 0.15) is 44.8 Å². The zero-order valence-corrected chi connectivity index (χ0v) is 12.0. The van der Waals surface area contributed by atoms with Crippen molar-refractivity contribution in [2.75, 3.05) is 6.54 Å². The summed E-state index contributed by atoms with van der Waals surface area (Å²) in [5.41, 5.74) is 1.14. The maximum absolute atomic E-state index is 10.6. The molecule has 0 aliphatic heterocycles. The topological polar surface area (TPSA) is 75.4 Å². The monoisotopic (exact) mass is 278 g/mol. The number of hydrogen-bond acceptors (Lipinski definition) is 4. The largest absolute Gasteiger partial charge is 0.387 e. The van der Waals surface area contributed by atoms with Gasteiger partial charge in [0, 0.05) is 24.7 Å². The Kier molecular flexibility index (Phi) is 4.40. The second-order valence-electron chi connectivity index (χ2n) is 6.38. The van der Waals surface area contributed by atoms with Crippen molar-refractivity contribution in [1.82, 2.24) is 5.32 Å². The Bertz CT molecular complexity index is 471. The molecule has 0 radical (unpaired) electrons. The molecule has 2 rings (SSSR count). The van der Waals surface area contributed by atoms with Crippen LogP contribution in [-0.2, 0) is 0 Å². The second-order valence-corrected chi connectivity index (χ2v) is 6.38. The number of aliphatic hydroxyl groups excluding tert-OH is 1. The molecule has 1 aliphatic rings. The molecule has 110 valence electrons. The molecule has 1 aromatic carbocycles. The van der Waals surface area contributed by atoms with Gasteiger partial charge >= 0.3 is 0 Å². The van der Waals surface area contributed by atoms with Crippen LogP contribution < -0.4 is 5.32 Å². The van der Waals surface area contributed by atoms with Crippen LogP contribution in [0.4, 0.5) is 5.69 Å². The third kappa shape index (κ3) is 3.77. The van der Waals surface area contributed by atoms with Gasteiger partial charge in [0.25, 0.3) is 5.69 Å². The average molecular weight is 278 g/mol. The molecule has 2 N–H and O–H groups in total. The van der Waals surface area contributed by atoms with E-state index in [2.05, 4.69) is 19.2 Å². The Morgan fingerprint density at radius 3 is 2.60 bits per heavy atom. The van der Waals surface area contributed by atoms with Crippen LogP contribution in [0, 0.1) is 15.5 Å². The molecule has 0 heterocycles. The van der Waals surface area contributed by atoms with E-state index in [1.165, 1.54) is 18.6 Å². The number of nitrogens with zero attached hydrogens (tertiary/aromatic N) is 1. The van der Waals surface area contributed by atoms with Crippen LogP contribution in [0.15, 0.2) is 24.3 Å². The summed E-state index contributed by atoms with van der Waals surface area (Å²) in [5.74, 6) is 0. The van der Waals surface area contributed by atoms with E-state index in [9.17, 15) is 15.2 Å². The van der Waals surface area contributed by atoms with E-state index in [1.807, 2.05) is 0 Å². The third-order valence-electron chi connectivity index (χ3n) is 4.06. The molecule has 2 atom stereocenters. The third-order valence-corrected chi connectivity index (χ3v) is 4.06. The van der Waals surface area contributed by atoms with E-state index < -0.39 is 11.0 Å². The summed E-state index contributed by atoms with van der Waals surface area (Å²) in [7, 11) is 0. The van der Waals surface area contributed by atoms with E-state index in [1.54, 1.807) is 12.1 Å². The van der Waals surface area contributed by atoms with Gasteiger partial charge in [-0.1, -0.05) is 13.8 Å². The zero-order valence-electron chi connectivity index (χ0n) is 12.0. The van der Waals surface area contributed by atoms with Gasteiger partial charge in [-0.05, 0) is 42.4 Å². The van der Waals surface area contributed by atoms with Gasteiger partial charge in [-0.3, -0.25) is 10.1 Å². The Morgan fingerprint density at radius 2 is 2.10 bits per heavy atom. The molecule has 1 aromatic rings. The van der Waals surface area contributed by atoms with Gasteiger partial charge in [0.1, 0.15) is 0 Å². The Balaban J connectivity index is 1.86. The number of hydrogen-bond donors (Lipinski definition) is 2. The predicted molar refractivity (Wildman–Crippen MR) is 77.5 cm³/mol. The Labute approximate surface area is 119 Å². The van der Waals surface area contributed by atoms with Crippen LogP contribution in [0.25, 0.3) is 0 Å². The number of aliphatic hydroxyl groups is 1. The standard InChI is InChI=1S/C15H22N2O3/c1-15(2)8-7-12(9-15)16-10-14(18)11-3-5-13(6-4-11)17(19)20/h3-6,12,14,16,18H,7-10H2,1-2H3. The van der Waals surface area contributed by atoms with E-state index in [0.717, 1.165) is 12.8 Å². The minimum Gasteiger partial charge on any atom is -0.387 e. The zero-order chi connectivity index (χ0) is 14.8. The lowest BCUT2D eigenvalue weighted by atomic mass is 9.92. The van der Waals surface area contributed by atoms with Crippen molar-refractivity contribution in [1.29, 1.82) is 0 Å². The van der Waals surface area contributed by atoms with E-state index in [0.29, 0.717) is 23.6 Å². The van der Waals surface area contributed by atoms with Crippen LogP contribution in [0.3, 0.4) is 0 Å². The van der Waals surface area contributed by atoms with Gasteiger partial charge in [0.15, 0.2) is 0 Å². The highest BCUT2D eigenvalue weighted by Crippen LogP contribution is 2.37. The van der Waals surface area contributed by atoms with Crippen molar-refractivity contribution in [3.8, 4) is 0 Å². The van der Waals surface area contributed by atoms with Gasteiger partial charge in [0.05, 0.1) is 11.0 Å². The molecule has 5 heteroatoms. The lowest BCUT2D eigenvalue weighted by Crippen LogP contribution is -2.31. The van der Waals surface area contributed by atoms with Crippen molar-refractivity contribution in [2.45, 2.75) is 45.3 Å². The first kappa shape index (κ1) is 14.9. The molecule has 1 saturated carbocycles. The van der Waals surface area contributed by atoms with Crippen LogP contribution in [-0.4, -0.2) is 22.6 Å². The van der Waals surface area contributed by atoms with Gasteiger partial charge in [-0.25, -0.2) is 0 Å². The molecule has 5 nitrogen and oxygen atoms in total. The lowest BCUT2D eigenvalue weighted by Gasteiger charge is -2.19. The summed E-state index contributed by atoms with van der Waals surface area (Å²) in [6, 6.07) is 6.54. The molecule has 0 bridgehead atoms. The van der Waals surface area contributed by atoms with Gasteiger partial charge < -0.3 is 10.4 Å². The minimum atomic E-state index is -0.625. The Hall–Kier alpha value is -1.46. The number of nitrogens with one attached hydrogen (secondary N) is 1. The fourth-order valence-electron chi connectivity index (χ4n) is 2.82. The molecular weight excluding hydrogens is 256 g/mol. The van der Waals surface area contributed by atoms with E-state index in [4.69, 9.17) is 0 Å². The highest BCUT2D eigenvalue weighted by Gasteiger charge is 2.30. The smallest absolute Gasteiger partial charge is 0.269 e. The molecule has 20 heavy (non-hydrogen) atoms. The molecule has 2 unspecified atom stereocenters. The number of benzene rings is 1. The summed E-state index contributed by atoms with van der Waals surface area (Å²) in [6.45, 7) is 5.02. The fourth-order valence-corrected chi connectivity index (χ4v) is 2.82. The second kappa shape index (κ2) is 5.89. The molecule has 0 saturated heterocycles. The Morgan fingerprint density at radius 1 is 1.45 bits per heavy atom. The molecule has 0 spiro atoms. The summed E-state index contributed by atoms with van der Waals surface area (Å²) >= 11 is 0.